The normalized spacial score (nSPS) is 16.5. The SMILES string of the molecule is Clc1ccc(CC(Cl)c2cc3c(s2)CCCCC3)cc1. The van der Waals surface area contributed by atoms with Crippen molar-refractivity contribution in [2.75, 3.05) is 0 Å². The van der Waals surface area contributed by atoms with Crippen molar-refractivity contribution in [3.8, 4) is 0 Å². The standard InChI is InChI=1S/C17H18Cl2S/c18-14-8-6-12(7-9-14)10-15(19)17-11-13-4-2-1-3-5-16(13)20-17/h6-9,11,15H,1-5,10H2. The van der Waals surface area contributed by atoms with Crippen molar-refractivity contribution in [1.82, 2.24) is 0 Å². The average molecular weight is 325 g/mol. The van der Waals surface area contributed by atoms with Crippen LogP contribution in [0, 0.1) is 0 Å². The highest BCUT2D eigenvalue weighted by Crippen LogP contribution is 2.36. The van der Waals surface area contributed by atoms with Crippen LogP contribution in [0.1, 0.15) is 45.5 Å². The van der Waals surface area contributed by atoms with Crippen LogP contribution in [0.25, 0.3) is 0 Å². The first-order chi connectivity index (χ1) is 9.72. The molecule has 0 spiro atoms. The van der Waals surface area contributed by atoms with E-state index in [0.29, 0.717) is 0 Å². The molecule has 20 heavy (non-hydrogen) atoms. The van der Waals surface area contributed by atoms with Gasteiger partial charge in [-0.2, -0.15) is 0 Å². The van der Waals surface area contributed by atoms with Crippen molar-refractivity contribution in [1.29, 1.82) is 0 Å². The highest BCUT2D eigenvalue weighted by atomic mass is 35.5. The van der Waals surface area contributed by atoms with Crippen LogP contribution in [-0.2, 0) is 19.3 Å². The van der Waals surface area contributed by atoms with Gasteiger partial charge < -0.3 is 0 Å². The Morgan fingerprint density at radius 2 is 1.80 bits per heavy atom. The molecule has 1 aromatic heterocycles. The second kappa shape index (κ2) is 6.51. The highest BCUT2D eigenvalue weighted by molar-refractivity contribution is 7.12. The molecule has 106 valence electrons. The Kier molecular flexibility index (Phi) is 4.70. The topological polar surface area (TPSA) is 0 Å². The summed E-state index contributed by atoms with van der Waals surface area (Å²) in [5.41, 5.74) is 2.79. The quantitative estimate of drug-likeness (QED) is 0.466. The van der Waals surface area contributed by atoms with Gasteiger partial charge in [-0.25, -0.2) is 0 Å². The van der Waals surface area contributed by atoms with Crippen molar-refractivity contribution >= 4 is 34.5 Å². The van der Waals surface area contributed by atoms with E-state index in [4.69, 9.17) is 23.2 Å². The van der Waals surface area contributed by atoms with E-state index in [2.05, 4.69) is 18.2 Å². The van der Waals surface area contributed by atoms with Gasteiger partial charge in [-0.1, -0.05) is 30.2 Å². The number of halogens is 2. The molecule has 1 atom stereocenters. The number of rotatable bonds is 3. The summed E-state index contributed by atoms with van der Waals surface area (Å²) in [5.74, 6) is 0. The molecule has 0 N–H and O–H groups in total. The third-order valence-corrected chi connectivity index (χ3v) is 6.02. The molecule has 0 saturated carbocycles. The Morgan fingerprint density at radius 3 is 2.60 bits per heavy atom. The fourth-order valence-electron chi connectivity index (χ4n) is 2.77. The van der Waals surface area contributed by atoms with E-state index in [9.17, 15) is 0 Å². The number of alkyl halides is 1. The Balaban J connectivity index is 1.73. The highest BCUT2D eigenvalue weighted by Gasteiger charge is 2.17. The zero-order chi connectivity index (χ0) is 13.9. The van der Waals surface area contributed by atoms with E-state index in [1.54, 1.807) is 10.4 Å². The van der Waals surface area contributed by atoms with Gasteiger partial charge in [-0.3, -0.25) is 0 Å². The summed E-state index contributed by atoms with van der Waals surface area (Å²) >= 11 is 14.5. The maximum Gasteiger partial charge on any atom is 0.0719 e. The molecule has 0 bridgehead atoms. The Hall–Kier alpha value is -0.500. The van der Waals surface area contributed by atoms with Gasteiger partial charge in [0.25, 0.3) is 0 Å². The lowest BCUT2D eigenvalue weighted by Crippen LogP contribution is -1.93. The molecule has 1 aromatic carbocycles. The molecule has 1 aliphatic rings. The predicted octanol–water partition coefficient (Wildman–Crippen LogP) is 6.19. The van der Waals surface area contributed by atoms with Gasteiger partial charge in [-0.05, 0) is 61.4 Å². The van der Waals surface area contributed by atoms with E-state index in [-0.39, 0.29) is 5.38 Å². The lowest BCUT2D eigenvalue weighted by atomic mass is 10.1. The van der Waals surface area contributed by atoms with E-state index < -0.39 is 0 Å². The number of aryl methyl sites for hydroxylation is 2. The number of thiophene rings is 1. The third kappa shape index (κ3) is 3.39. The Bertz CT molecular complexity index is 548. The van der Waals surface area contributed by atoms with Gasteiger partial charge in [0.2, 0.25) is 0 Å². The number of hydrogen-bond acceptors (Lipinski definition) is 1. The van der Waals surface area contributed by atoms with E-state index in [0.717, 1.165) is 11.4 Å². The van der Waals surface area contributed by atoms with E-state index in [1.165, 1.54) is 42.5 Å². The van der Waals surface area contributed by atoms with Gasteiger partial charge in [0.15, 0.2) is 0 Å². The van der Waals surface area contributed by atoms with Crippen LogP contribution in [0.2, 0.25) is 5.02 Å². The molecule has 0 fully saturated rings. The van der Waals surface area contributed by atoms with Crippen LogP contribution in [0.4, 0.5) is 0 Å². The summed E-state index contributed by atoms with van der Waals surface area (Å²) in [6, 6.07) is 10.3. The molecule has 0 nitrogen and oxygen atoms in total. The minimum atomic E-state index is 0.0769. The maximum atomic E-state index is 6.62. The first kappa shape index (κ1) is 14.4. The average Bonchev–Trinajstić information content (AvgIpc) is 2.73. The molecular weight excluding hydrogens is 307 g/mol. The molecule has 1 aliphatic carbocycles. The second-order valence-electron chi connectivity index (χ2n) is 5.46. The van der Waals surface area contributed by atoms with Gasteiger partial charge in [0.05, 0.1) is 5.38 Å². The minimum Gasteiger partial charge on any atom is -0.144 e. The van der Waals surface area contributed by atoms with Crippen molar-refractivity contribution in [3.63, 3.8) is 0 Å². The number of fused-ring (bicyclic) bond motifs is 1. The first-order valence-electron chi connectivity index (χ1n) is 7.22. The third-order valence-electron chi connectivity index (χ3n) is 3.90. The van der Waals surface area contributed by atoms with Crippen molar-refractivity contribution in [3.05, 3.63) is 56.2 Å². The van der Waals surface area contributed by atoms with Crippen molar-refractivity contribution < 1.29 is 0 Å². The van der Waals surface area contributed by atoms with Crippen LogP contribution in [-0.4, -0.2) is 0 Å². The fraction of sp³-hybridized carbons (Fsp3) is 0.412. The van der Waals surface area contributed by atoms with E-state index in [1.807, 2.05) is 23.5 Å². The summed E-state index contributed by atoms with van der Waals surface area (Å²) in [4.78, 5) is 2.90. The minimum absolute atomic E-state index is 0.0769. The lowest BCUT2D eigenvalue weighted by Gasteiger charge is -2.07. The number of hydrogen-bond donors (Lipinski definition) is 0. The van der Waals surface area contributed by atoms with Gasteiger partial charge in [-0.15, -0.1) is 22.9 Å². The molecule has 0 aliphatic heterocycles. The predicted molar refractivity (Wildman–Crippen MR) is 89.3 cm³/mol. The van der Waals surface area contributed by atoms with Crippen LogP contribution in [0.3, 0.4) is 0 Å². The van der Waals surface area contributed by atoms with Crippen molar-refractivity contribution in [2.24, 2.45) is 0 Å². The van der Waals surface area contributed by atoms with Crippen molar-refractivity contribution in [2.45, 2.75) is 43.9 Å². The van der Waals surface area contributed by atoms with E-state index >= 15 is 0 Å². The van der Waals surface area contributed by atoms with Gasteiger partial charge in [0, 0.05) is 14.8 Å². The zero-order valence-electron chi connectivity index (χ0n) is 11.4. The molecule has 0 radical (unpaired) electrons. The Labute approximate surface area is 134 Å². The Morgan fingerprint density at radius 1 is 1.05 bits per heavy atom. The molecule has 3 heteroatoms. The van der Waals surface area contributed by atoms with Gasteiger partial charge in [0.1, 0.15) is 0 Å². The summed E-state index contributed by atoms with van der Waals surface area (Å²) < 4.78 is 0. The summed E-state index contributed by atoms with van der Waals surface area (Å²) in [7, 11) is 0. The molecular formula is C17H18Cl2S. The zero-order valence-corrected chi connectivity index (χ0v) is 13.7. The summed E-state index contributed by atoms with van der Waals surface area (Å²) in [6.45, 7) is 0. The first-order valence-corrected chi connectivity index (χ1v) is 8.85. The van der Waals surface area contributed by atoms with Crippen LogP contribution >= 0.6 is 34.5 Å². The summed E-state index contributed by atoms with van der Waals surface area (Å²) in [6.07, 6.45) is 7.37. The summed E-state index contributed by atoms with van der Waals surface area (Å²) in [5, 5.41) is 0.857. The smallest absolute Gasteiger partial charge is 0.0719 e. The molecule has 1 heterocycles. The lowest BCUT2D eigenvalue weighted by molar-refractivity contribution is 0.712. The van der Waals surface area contributed by atoms with Crippen LogP contribution in [0.5, 0.6) is 0 Å². The molecule has 2 aromatic rings. The molecule has 0 amide bonds. The molecule has 0 saturated heterocycles. The number of benzene rings is 1. The van der Waals surface area contributed by atoms with Gasteiger partial charge >= 0.3 is 0 Å². The second-order valence-corrected chi connectivity index (χ2v) is 7.59. The monoisotopic (exact) mass is 324 g/mol. The largest absolute Gasteiger partial charge is 0.144 e. The fourth-order valence-corrected chi connectivity index (χ4v) is 4.51. The molecule has 1 unspecified atom stereocenters. The van der Waals surface area contributed by atoms with Crippen LogP contribution in [0.15, 0.2) is 30.3 Å². The molecule has 3 rings (SSSR count). The van der Waals surface area contributed by atoms with Crippen LogP contribution < -0.4 is 0 Å². The maximum absolute atomic E-state index is 6.62.